The van der Waals surface area contributed by atoms with Gasteiger partial charge in [-0.15, -0.1) is 0 Å². The smallest absolute Gasteiger partial charge is 0.326 e. The molecule has 10 heteroatoms. The number of rotatable bonds is 9. The van der Waals surface area contributed by atoms with E-state index in [1.54, 1.807) is 12.1 Å². The number of H-pyrrole nitrogens is 1. The van der Waals surface area contributed by atoms with Crippen LogP contribution in [0.2, 0.25) is 0 Å². The first kappa shape index (κ1) is 24.9. The lowest BCUT2D eigenvalue weighted by atomic mass is 9.97. The molecule has 0 saturated carbocycles. The van der Waals surface area contributed by atoms with E-state index in [2.05, 4.69) is 10.3 Å². The number of para-hydroxylation sites is 1. The largest absolute Gasteiger partial charge is 0.480 e. The maximum atomic E-state index is 13.7. The number of carbonyl (C=O) groups is 2. The van der Waals surface area contributed by atoms with Gasteiger partial charge in [-0.3, -0.25) is 4.79 Å². The second-order valence-electron chi connectivity index (χ2n) is 8.89. The fourth-order valence-corrected chi connectivity index (χ4v) is 6.08. The number of nitrogens with two attached hydrogens (primary N) is 1. The number of aromatic nitrogens is 1. The van der Waals surface area contributed by atoms with Crippen molar-refractivity contribution in [2.24, 2.45) is 5.73 Å². The van der Waals surface area contributed by atoms with Gasteiger partial charge in [0.05, 0.1) is 11.4 Å². The Kier molecular flexibility index (Phi) is 7.25. The number of amides is 1. The van der Waals surface area contributed by atoms with E-state index in [0.29, 0.717) is 19.4 Å². The SMILES string of the molecule is Cc1ccc(S(=O)(=O)N2Cc3[nH]c4ccccc4c3CC2C(=O)NC(CCCCN)C(=O)O)cc1. The average molecular weight is 499 g/mol. The highest BCUT2D eigenvalue weighted by molar-refractivity contribution is 7.89. The fourth-order valence-electron chi connectivity index (χ4n) is 4.52. The highest BCUT2D eigenvalue weighted by Gasteiger charge is 2.41. The molecule has 186 valence electrons. The van der Waals surface area contributed by atoms with Gasteiger partial charge in [-0.1, -0.05) is 35.9 Å². The third-order valence-corrected chi connectivity index (χ3v) is 8.32. The molecule has 1 aliphatic heterocycles. The number of benzene rings is 2. The third kappa shape index (κ3) is 5.09. The Hall–Kier alpha value is -3.21. The first-order chi connectivity index (χ1) is 16.7. The second kappa shape index (κ2) is 10.2. The van der Waals surface area contributed by atoms with Crippen LogP contribution in [-0.4, -0.2) is 53.3 Å². The van der Waals surface area contributed by atoms with Crippen molar-refractivity contribution >= 4 is 32.8 Å². The molecule has 2 atom stereocenters. The van der Waals surface area contributed by atoms with Gasteiger partial charge in [0, 0.05) is 23.0 Å². The molecule has 4 rings (SSSR count). The monoisotopic (exact) mass is 498 g/mol. The molecule has 2 heterocycles. The summed E-state index contributed by atoms with van der Waals surface area (Å²) in [4.78, 5) is 28.6. The fraction of sp³-hybridized carbons (Fsp3) is 0.360. The predicted octanol–water partition coefficient (Wildman–Crippen LogP) is 2.29. The van der Waals surface area contributed by atoms with Gasteiger partial charge in [0.2, 0.25) is 15.9 Å². The number of aromatic amines is 1. The lowest BCUT2D eigenvalue weighted by Gasteiger charge is -2.34. The van der Waals surface area contributed by atoms with Gasteiger partial charge < -0.3 is 21.1 Å². The number of sulfonamides is 1. The molecule has 2 unspecified atom stereocenters. The number of hydrogen-bond donors (Lipinski definition) is 4. The van der Waals surface area contributed by atoms with Crippen LogP contribution in [0.5, 0.6) is 0 Å². The van der Waals surface area contributed by atoms with Crippen molar-refractivity contribution in [3.05, 3.63) is 65.4 Å². The molecule has 2 aromatic carbocycles. The molecule has 1 amide bonds. The lowest BCUT2D eigenvalue weighted by Crippen LogP contribution is -2.55. The quantitative estimate of drug-likeness (QED) is 0.333. The van der Waals surface area contributed by atoms with Gasteiger partial charge in [0.1, 0.15) is 12.1 Å². The van der Waals surface area contributed by atoms with Crippen molar-refractivity contribution in [2.45, 2.75) is 56.1 Å². The van der Waals surface area contributed by atoms with Crippen LogP contribution >= 0.6 is 0 Å². The van der Waals surface area contributed by atoms with Gasteiger partial charge in [-0.2, -0.15) is 4.31 Å². The summed E-state index contributed by atoms with van der Waals surface area (Å²) in [7, 11) is -4.04. The summed E-state index contributed by atoms with van der Waals surface area (Å²) in [6, 6.07) is 11.8. The lowest BCUT2D eigenvalue weighted by molar-refractivity contribution is -0.142. The van der Waals surface area contributed by atoms with Crippen LogP contribution < -0.4 is 11.1 Å². The zero-order valence-electron chi connectivity index (χ0n) is 19.5. The molecular weight excluding hydrogens is 468 g/mol. The topological polar surface area (TPSA) is 146 Å². The summed E-state index contributed by atoms with van der Waals surface area (Å²) in [5.41, 5.74) is 8.87. The first-order valence-electron chi connectivity index (χ1n) is 11.6. The maximum absolute atomic E-state index is 13.7. The average Bonchev–Trinajstić information content (AvgIpc) is 3.20. The van der Waals surface area contributed by atoms with E-state index in [1.165, 1.54) is 16.4 Å². The normalized spacial score (nSPS) is 17.1. The van der Waals surface area contributed by atoms with Crippen molar-refractivity contribution < 1.29 is 23.1 Å². The standard InChI is InChI=1S/C25H30N4O5S/c1-16-9-11-17(12-10-16)35(33,34)29-15-22-19(18-6-2-3-7-20(18)27-22)14-23(29)24(30)28-21(25(31)32)8-4-5-13-26/h2-3,6-7,9-12,21,23,27H,4-5,8,13-15,26H2,1H3,(H,28,30)(H,31,32). The number of aliphatic carboxylic acids is 1. The van der Waals surface area contributed by atoms with Crippen molar-refractivity contribution in [1.82, 2.24) is 14.6 Å². The zero-order valence-corrected chi connectivity index (χ0v) is 20.3. The third-order valence-electron chi connectivity index (χ3n) is 6.45. The van der Waals surface area contributed by atoms with E-state index >= 15 is 0 Å². The van der Waals surface area contributed by atoms with Crippen molar-refractivity contribution in [3.63, 3.8) is 0 Å². The number of carbonyl (C=O) groups excluding carboxylic acids is 1. The first-order valence-corrected chi connectivity index (χ1v) is 13.1. The number of hydrogen-bond acceptors (Lipinski definition) is 5. The number of carboxylic acid groups (broad SMARTS) is 1. The zero-order chi connectivity index (χ0) is 25.2. The number of nitrogens with one attached hydrogen (secondary N) is 2. The summed E-state index contributed by atoms with van der Waals surface area (Å²) in [6.07, 6.45) is 1.52. The van der Waals surface area contributed by atoms with E-state index in [0.717, 1.165) is 27.7 Å². The molecule has 0 fully saturated rings. The van der Waals surface area contributed by atoms with E-state index in [1.807, 2.05) is 31.2 Å². The Morgan fingerprint density at radius 1 is 1.17 bits per heavy atom. The molecular formula is C25H30N4O5S. The molecule has 1 aromatic heterocycles. The van der Waals surface area contributed by atoms with Crippen molar-refractivity contribution in [3.8, 4) is 0 Å². The van der Waals surface area contributed by atoms with Gasteiger partial charge in [-0.25, -0.2) is 13.2 Å². The number of unbranched alkanes of at least 4 members (excludes halogenated alkanes) is 1. The minimum Gasteiger partial charge on any atom is -0.480 e. The van der Waals surface area contributed by atoms with Crippen LogP contribution in [0.4, 0.5) is 0 Å². The van der Waals surface area contributed by atoms with Crippen molar-refractivity contribution in [2.75, 3.05) is 6.54 Å². The van der Waals surface area contributed by atoms with Gasteiger partial charge >= 0.3 is 5.97 Å². The molecule has 3 aromatic rings. The van der Waals surface area contributed by atoms with Crippen LogP contribution in [0.25, 0.3) is 10.9 Å². The molecule has 0 spiro atoms. The van der Waals surface area contributed by atoms with Gasteiger partial charge in [-0.05, 0) is 56.5 Å². The van der Waals surface area contributed by atoms with Crippen LogP contribution in [0, 0.1) is 6.92 Å². The predicted molar refractivity (Wildman–Crippen MR) is 132 cm³/mol. The van der Waals surface area contributed by atoms with E-state index in [4.69, 9.17) is 5.73 Å². The summed E-state index contributed by atoms with van der Waals surface area (Å²) in [6.45, 7) is 2.26. The highest BCUT2D eigenvalue weighted by Crippen LogP contribution is 2.33. The van der Waals surface area contributed by atoms with Crippen LogP contribution in [0.15, 0.2) is 53.4 Å². The number of nitrogens with zero attached hydrogens (tertiary/aromatic N) is 1. The molecule has 1 aliphatic rings. The molecule has 5 N–H and O–H groups in total. The Balaban J connectivity index is 1.71. The number of carboxylic acids is 1. The van der Waals surface area contributed by atoms with Crippen LogP contribution in [-0.2, 0) is 32.6 Å². The summed E-state index contributed by atoms with van der Waals surface area (Å²) >= 11 is 0. The van der Waals surface area contributed by atoms with E-state index in [-0.39, 0.29) is 24.3 Å². The summed E-state index contributed by atoms with van der Waals surface area (Å²) in [5.74, 6) is -1.79. The number of aryl methyl sites for hydroxylation is 1. The molecule has 0 saturated heterocycles. The Labute approximate surface area is 204 Å². The highest BCUT2D eigenvalue weighted by atomic mass is 32.2. The molecule has 9 nitrogen and oxygen atoms in total. The van der Waals surface area contributed by atoms with E-state index < -0.39 is 34.0 Å². The Morgan fingerprint density at radius 3 is 2.57 bits per heavy atom. The van der Waals surface area contributed by atoms with Gasteiger partial charge in [0.25, 0.3) is 0 Å². The molecule has 0 bridgehead atoms. The maximum Gasteiger partial charge on any atom is 0.326 e. The second-order valence-corrected chi connectivity index (χ2v) is 10.8. The Bertz CT molecular complexity index is 1330. The van der Waals surface area contributed by atoms with Crippen LogP contribution in [0.3, 0.4) is 0 Å². The summed E-state index contributed by atoms with van der Waals surface area (Å²) in [5, 5.41) is 13.1. The number of fused-ring (bicyclic) bond motifs is 3. The Morgan fingerprint density at radius 2 is 1.89 bits per heavy atom. The van der Waals surface area contributed by atoms with Crippen molar-refractivity contribution in [1.29, 1.82) is 0 Å². The van der Waals surface area contributed by atoms with Gasteiger partial charge in [0.15, 0.2) is 0 Å². The molecule has 35 heavy (non-hydrogen) atoms. The minimum absolute atomic E-state index is 0.0246. The van der Waals surface area contributed by atoms with Crippen LogP contribution in [0.1, 0.15) is 36.1 Å². The van der Waals surface area contributed by atoms with E-state index in [9.17, 15) is 23.1 Å². The molecule has 0 radical (unpaired) electrons. The molecule has 0 aliphatic carbocycles. The minimum atomic E-state index is -4.04. The summed E-state index contributed by atoms with van der Waals surface area (Å²) < 4.78 is 28.5.